The largest absolute Gasteiger partial charge is 0.449 e. The van der Waals surface area contributed by atoms with Gasteiger partial charge in [0.1, 0.15) is 5.82 Å². The molecule has 0 bridgehead atoms. The predicted octanol–water partition coefficient (Wildman–Crippen LogP) is 3.36. The van der Waals surface area contributed by atoms with Gasteiger partial charge < -0.3 is 9.64 Å². The molecule has 1 atom stereocenters. The fourth-order valence-corrected chi connectivity index (χ4v) is 2.98. The Hall–Kier alpha value is -2.95. The molecule has 1 heterocycles. The Kier molecular flexibility index (Phi) is 5.46. The molecule has 2 aromatic carbocycles. The highest BCUT2D eigenvalue weighted by Gasteiger charge is 2.26. The molecule has 1 aliphatic heterocycles. The van der Waals surface area contributed by atoms with Gasteiger partial charge in [-0.3, -0.25) is 4.79 Å². The molecular formula is C21H20FNO3. The first-order chi connectivity index (χ1) is 12.5. The molecule has 0 saturated carbocycles. The fraction of sp³-hybridized carbons (Fsp3) is 0.238. The van der Waals surface area contributed by atoms with E-state index in [1.165, 1.54) is 29.8 Å². The van der Waals surface area contributed by atoms with Crippen LogP contribution in [0, 0.1) is 5.82 Å². The lowest BCUT2D eigenvalue weighted by molar-refractivity contribution is -0.155. The van der Waals surface area contributed by atoms with Crippen molar-refractivity contribution in [2.45, 2.75) is 26.0 Å². The van der Waals surface area contributed by atoms with E-state index in [0.717, 1.165) is 12.0 Å². The van der Waals surface area contributed by atoms with Crippen LogP contribution in [-0.2, 0) is 27.3 Å². The second kappa shape index (κ2) is 7.95. The van der Waals surface area contributed by atoms with Crippen LogP contribution in [0.3, 0.4) is 0 Å². The Balaban J connectivity index is 1.56. The molecule has 26 heavy (non-hydrogen) atoms. The van der Waals surface area contributed by atoms with Crippen LogP contribution >= 0.6 is 0 Å². The molecule has 0 unspecified atom stereocenters. The molecule has 0 aliphatic carbocycles. The van der Waals surface area contributed by atoms with Crippen LogP contribution in [0.25, 0.3) is 6.08 Å². The number of benzene rings is 2. The molecule has 0 saturated heterocycles. The van der Waals surface area contributed by atoms with Gasteiger partial charge in [0.15, 0.2) is 6.10 Å². The number of rotatable bonds is 4. The number of carbonyl (C=O) groups excluding carboxylic acids is 2. The van der Waals surface area contributed by atoms with E-state index < -0.39 is 12.1 Å². The van der Waals surface area contributed by atoms with Crippen LogP contribution < -0.4 is 0 Å². The number of amides is 1. The van der Waals surface area contributed by atoms with Crippen molar-refractivity contribution < 1.29 is 18.7 Å². The number of nitrogens with zero attached hydrogens (tertiary/aromatic N) is 1. The Labute approximate surface area is 151 Å². The van der Waals surface area contributed by atoms with Crippen LogP contribution in [0.5, 0.6) is 0 Å². The van der Waals surface area contributed by atoms with E-state index in [2.05, 4.69) is 6.07 Å². The van der Waals surface area contributed by atoms with Crippen LogP contribution in [-0.4, -0.2) is 29.4 Å². The molecule has 0 fully saturated rings. The normalized spacial score (nSPS) is 14.8. The molecule has 3 rings (SSSR count). The monoisotopic (exact) mass is 353 g/mol. The minimum atomic E-state index is -0.870. The van der Waals surface area contributed by atoms with Crippen molar-refractivity contribution in [3.8, 4) is 0 Å². The van der Waals surface area contributed by atoms with Crippen molar-refractivity contribution in [2.24, 2.45) is 0 Å². The van der Waals surface area contributed by atoms with Crippen LogP contribution in [0.15, 0.2) is 54.6 Å². The Morgan fingerprint density at radius 2 is 1.92 bits per heavy atom. The Morgan fingerprint density at radius 1 is 1.15 bits per heavy atom. The first kappa shape index (κ1) is 17.9. The Morgan fingerprint density at radius 3 is 2.69 bits per heavy atom. The molecular weight excluding hydrogens is 333 g/mol. The van der Waals surface area contributed by atoms with E-state index in [0.29, 0.717) is 18.7 Å². The van der Waals surface area contributed by atoms with Crippen LogP contribution in [0.1, 0.15) is 23.6 Å². The predicted molar refractivity (Wildman–Crippen MR) is 96.6 cm³/mol. The summed E-state index contributed by atoms with van der Waals surface area (Å²) in [6, 6.07) is 13.9. The lowest BCUT2D eigenvalue weighted by Gasteiger charge is -2.30. The number of esters is 1. The molecule has 0 spiro atoms. The lowest BCUT2D eigenvalue weighted by Crippen LogP contribution is -2.42. The van der Waals surface area contributed by atoms with E-state index in [9.17, 15) is 14.0 Å². The molecule has 0 aromatic heterocycles. The summed E-state index contributed by atoms with van der Waals surface area (Å²) < 4.78 is 18.3. The minimum Gasteiger partial charge on any atom is -0.449 e. The molecule has 4 nitrogen and oxygen atoms in total. The second-order valence-electron chi connectivity index (χ2n) is 6.25. The summed E-state index contributed by atoms with van der Waals surface area (Å²) in [5, 5.41) is 0. The van der Waals surface area contributed by atoms with Crippen molar-refractivity contribution >= 4 is 18.0 Å². The number of hydrogen-bond acceptors (Lipinski definition) is 3. The van der Waals surface area contributed by atoms with Crippen molar-refractivity contribution in [2.75, 3.05) is 6.54 Å². The topological polar surface area (TPSA) is 46.6 Å². The molecule has 134 valence electrons. The first-order valence-electron chi connectivity index (χ1n) is 8.53. The maximum atomic E-state index is 13.1. The van der Waals surface area contributed by atoms with Crippen molar-refractivity contribution in [3.05, 3.63) is 77.1 Å². The third kappa shape index (κ3) is 4.36. The summed E-state index contributed by atoms with van der Waals surface area (Å²) in [6.45, 7) is 2.70. The highest BCUT2D eigenvalue weighted by molar-refractivity contribution is 5.90. The van der Waals surface area contributed by atoms with Gasteiger partial charge in [-0.25, -0.2) is 9.18 Å². The average molecular weight is 353 g/mol. The number of halogens is 1. The highest BCUT2D eigenvalue weighted by Crippen LogP contribution is 2.19. The Bertz CT molecular complexity index is 847. The second-order valence-corrected chi connectivity index (χ2v) is 6.25. The van der Waals surface area contributed by atoms with Crippen molar-refractivity contribution in [1.82, 2.24) is 4.90 Å². The minimum absolute atomic E-state index is 0.216. The molecule has 1 aliphatic rings. The zero-order chi connectivity index (χ0) is 18.5. The van der Waals surface area contributed by atoms with Gasteiger partial charge in [0.25, 0.3) is 5.91 Å². The van der Waals surface area contributed by atoms with Crippen LogP contribution in [0.4, 0.5) is 4.39 Å². The average Bonchev–Trinajstić information content (AvgIpc) is 2.65. The zero-order valence-electron chi connectivity index (χ0n) is 14.5. The number of hydrogen-bond donors (Lipinski definition) is 0. The molecule has 0 radical (unpaired) electrons. The summed E-state index contributed by atoms with van der Waals surface area (Å²) in [7, 11) is 0. The van der Waals surface area contributed by atoms with Gasteiger partial charge in [-0.15, -0.1) is 0 Å². The van der Waals surface area contributed by atoms with Gasteiger partial charge in [0, 0.05) is 19.2 Å². The summed E-state index contributed by atoms with van der Waals surface area (Å²) in [5.41, 5.74) is 2.92. The van der Waals surface area contributed by atoms with Gasteiger partial charge in [-0.2, -0.15) is 0 Å². The van der Waals surface area contributed by atoms with E-state index in [1.54, 1.807) is 24.0 Å². The summed E-state index contributed by atoms with van der Waals surface area (Å²) >= 11 is 0. The summed E-state index contributed by atoms with van der Waals surface area (Å²) in [4.78, 5) is 26.2. The van der Waals surface area contributed by atoms with Crippen LogP contribution in [0.2, 0.25) is 0 Å². The van der Waals surface area contributed by atoms with E-state index in [-0.39, 0.29) is 11.7 Å². The van der Waals surface area contributed by atoms with Gasteiger partial charge in [-0.05, 0) is 48.2 Å². The number of ether oxygens (including phenoxy) is 1. The van der Waals surface area contributed by atoms with E-state index in [4.69, 9.17) is 4.74 Å². The maximum Gasteiger partial charge on any atom is 0.331 e. The molecule has 5 heteroatoms. The third-order valence-corrected chi connectivity index (χ3v) is 4.34. The molecule has 1 amide bonds. The summed E-state index contributed by atoms with van der Waals surface area (Å²) in [5.74, 6) is -1.23. The lowest BCUT2D eigenvalue weighted by atomic mass is 9.99. The van der Waals surface area contributed by atoms with Gasteiger partial charge in [-0.1, -0.05) is 36.4 Å². The third-order valence-electron chi connectivity index (χ3n) is 4.34. The maximum absolute atomic E-state index is 13.1. The van der Waals surface area contributed by atoms with Gasteiger partial charge in [0.2, 0.25) is 0 Å². The van der Waals surface area contributed by atoms with Gasteiger partial charge in [0.05, 0.1) is 0 Å². The fourth-order valence-electron chi connectivity index (χ4n) is 2.98. The van der Waals surface area contributed by atoms with E-state index in [1.807, 2.05) is 18.2 Å². The van der Waals surface area contributed by atoms with Crippen molar-refractivity contribution in [3.63, 3.8) is 0 Å². The first-order valence-corrected chi connectivity index (χ1v) is 8.53. The number of fused-ring (bicyclic) bond motifs is 1. The standard InChI is InChI=1S/C21H20FNO3/c1-15(26-20(24)10-9-16-5-4-8-19(22)13-16)21(25)23-12-11-17-6-2-3-7-18(17)14-23/h2-10,13,15H,11-12,14H2,1H3/b10-9+/t15-/m1/s1. The highest BCUT2D eigenvalue weighted by atomic mass is 19.1. The smallest absolute Gasteiger partial charge is 0.331 e. The summed E-state index contributed by atoms with van der Waals surface area (Å²) in [6.07, 6.45) is 2.58. The quantitative estimate of drug-likeness (QED) is 0.625. The zero-order valence-corrected chi connectivity index (χ0v) is 14.5. The molecule has 2 aromatic rings. The number of carbonyl (C=O) groups is 2. The van der Waals surface area contributed by atoms with Crippen molar-refractivity contribution in [1.29, 1.82) is 0 Å². The van der Waals surface area contributed by atoms with E-state index >= 15 is 0 Å². The van der Waals surface area contributed by atoms with Gasteiger partial charge >= 0.3 is 5.97 Å². The molecule has 0 N–H and O–H groups in total. The SMILES string of the molecule is C[C@@H](OC(=O)/C=C/c1cccc(F)c1)C(=O)N1CCc2ccccc2C1.